The maximum Gasteiger partial charge on any atom is 0.144 e. The van der Waals surface area contributed by atoms with E-state index < -0.39 is 16.1 Å². The highest BCUT2D eigenvalue weighted by molar-refractivity contribution is 7.91. The van der Waals surface area contributed by atoms with Crippen LogP contribution in [-0.4, -0.2) is 22.6 Å². The van der Waals surface area contributed by atoms with E-state index in [0.29, 0.717) is 11.3 Å². The average molecular weight is 257 g/mol. The van der Waals surface area contributed by atoms with Gasteiger partial charge in [-0.15, -0.1) is 0 Å². The van der Waals surface area contributed by atoms with Gasteiger partial charge in [-0.2, -0.15) is 0 Å². The highest BCUT2D eigenvalue weighted by Crippen LogP contribution is 2.20. The van der Waals surface area contributed by atoms with Crippen molar-refractivity contribution in [3.8, 4) is 5.75 Å². The Labute approximate surface area is 104 Å². The van der Waals surface area contributed by atoms with E-state index in [-0.39, 0.29) is 5.82 Å². The van der Waals surface area contributed by atoms with E-state index in [9.17, 15) is 8.94 Å². The molecule has 0 bridgehead atoms. The van der Waals surface area contributed by atoms with Crippen molar-refractivity contribution in [1.29, 1.82) is 0 Å². The first-order valence-corrected chi connectivity index (χ1v) is 6.25. The zero-order valence-corrected chi connectivity index (χ0v) is 11.2. The van der Waals surface area contributed by atoms with Gasteiger partial charge in [0.05, 0.1) is 13.3 Å². The molecule has 1 aromatic carbocycles. The molecule has 0 aliphatic rings. The number of nitrogens with zero attached hydrogens (tertiary/aromatic N) is 1. The highest BCUT2D eigenvalue weighted by atomic mass is 32.2. The molecule has 0 aromatic heterocycles. The molecule has 0 amide bonds. The lowest BCUT2D eigenvalue weighted by atomic mass is 10.2. The minimum absolute atomic E-state index is 0.381. The van der Waals surface area contributed by atoms with Gasteiger partial charge < -0.3 is 9.29 Å². The van der Waals surface area contributed by atoms with Gasteiger partial charge in [-0.1, -0.05) is 4.40 Å². The SMILES string of the molecule is COc1ccc(F)cc1/C=N/[S+]([O-])C(C)(C)C. The van der Waals surface area contributed by atoms with Gasteiger partial charge in [-0.05, 0) is 39.0 Å². The molecule has 5 heteroatoms. The van der Waals surface area contributed by atoms with Crippen LogP contribution in [0.1, 0.15) is 26.3 Å². The van der Waals surface area contributed by atoms with Gasteiger partial charge in [0, 0.05) is 5.56 Å². The number of halogens is 1. The van der Waals surface area contributed by atoms with Crippen molar-refractivity contribution in [3.05, 3.63) is 29.6 Å². The van der Waals surface area contributed by atoms with Crippen LogP contribution in [0.5, 0.6) is 5.75 Å². The maximum atomic E-state index is 13.0. The largest absolute Gasteiger partial charge is 0.591 e. The quantitative estimate of drug-likeness (QED) is 0.617. The van der Waals surface area contributed by atoms with Gasteiger partial charge in [0.15, 0.2) is 0 Å². The predicted octanol–water partition coefficient (Wildman–Crippen LogP) is 2.72. The molecule has 1 aromatic rings. The summed E-state index contributed by atoms with van der Waals surface area (Å²) < 4.78 is 33.3. The molecule has 17 heavy (non-hydrogen) atoms. The number of ether oxygens (including phenoxy) is 1. The predicted molar refractivity (Wildman–Crippen MR) is 68.4 cm³/mol. The average Bonchev–Trinajstić information content (AvgIpc) is 2.24. The Hall–Kier alpha value is -1.07. The molecule has 0 saturated heterocycles. The van der Waals surface area contributed by atoms with Gasteiger partial charge in [0.2, 0.25) is 0 Å². The van der Waals surface area contributed by atoms with Crippen LogP contribution in [0, 0.1) is 5.82 Å². The molecule has 0 fully saturated rings. The number of rotatable bonds is 3. The van der Waals surface area contributed by atoms with Crippen LogP contribution >= 0.6 is 0 Å². The Morgan fingerprint density at radius 1 is 1.41 bits per heavy atom. The van der Waals surface area contributed by atoms with E-state index in [4.69, 9.17) is 4.74 Å². The molecule has 1 atom stereocenters. The van der Waals surface area contributed by atoms with Gasteiger partial charge >= 0.3 is 0 Å². The standard InChI is InChI=1S/C12H16FNO2S/c1-12(2,3)17(15)14-8-9-7-10(13)5-6-11(9)16-4/h5-8H,1-4H3/b14-8+. The lowest BCUT2D eigenvalue weighted by Gasteiger charge is -2.17. The van der Waals surface area contributed by atoms with Crippen molar-refractivity contribution < 1.29 is 13.7 Å². The summed E-state index contributed by atoms with van der Waals surface area (Å²) in [5.74, 6) is 0.120. The van der Waals surface area contributed by atoms with E-state index >= 15 is 0 Å². The maximum absolute atomic E-state index is 13.0. The summed E-state index contributed by atoms with van der Waals surface area (Å²) in [5.41, 5.74) is 0.477. The summed E-state index contributed by atoms with van der Waals surface area (Å²) in [5, 5.41) is 0. The van der Waals surface area contributed by atoms with Gasteiger partial charge in [0.1, 0.15) is 27.7 Å². The van der Waals surface area contributed by atoms with Crippen LogP contribution in [0.2, 0.25) is 0 Å². The zero-order valence-electron chi connectivity index (χ0n) is 10.4. The van der Waals surface area contributed by atoms with E-state index in [1.165, 1.54) is 31.5 Å². The van der Waals surface area contributed by atoms with E-state index in [1.807, 2.05) is 20.8 Å². The summed E-state index contributed by atoms with van der Waals surface area (Å²) in [6, 6.07) is 4.11. The third-order valence-electron chi connectivity index (χ3n) is 2.00. The van der Waals surface area contributed by atoms with Crippen LogP contribution in [0.4, 0.5) is 4.39 Å². The van der Waals surface area contributed by atoms with Crippen molar-refractivity contribution >= 4 is 17.6 Å². The van der Waals surface area contributed by atoms with Crippen LogP contribution in [-0.2, 0) is 11.4 Å². The summed E-state index contributed by atoms with van der Waals surface area (Å²) in [7, 11) is 1.49. The van der Waals surface area contributed by atoms with Crippen LogP contribution in [0.25, 0.3) is 0 Å². The second-order valence-corrected chi connectivity index (χ2v) is 6.42. The molecular formula is C12H16FNO2S. The molecule has 3 nitrogen and oxygen atoms in total. The third-order valence-corrected chi connectivity index (χ3v) is 3.35. The Morgan fingerprint density at radius 3 is 2.59 bits per heavy atom. The van der Waals surface area contributed by atoms with Crippen molar-refractivity contribution in [1.82, 2.24) is 0 Å². The summed E-state index contributed by atoms with van der Waals surface area (Å²) in [6.07, 6.45) is 1.38. The molecular weight excluding hydrogens is 241 g/mol. The van der Waals surface area contributed by atoms with Gasteiger partial charge in [-0.3, -0.25) is 0 Å². The molecule has 94 valence electrons. The Morgan fingerprint density at radius 2 is 2.06 bits per heavy atom. The minimum atomic E-state index is -1.36. The van der Waals surface area contributed by atoms with Crippen molar-refractivity contribution in [2.75, 3.05) is 7.11 Å². The zero-order chi connectivity index (χ0) is 13.1. The van der Waals surface area contributed by atoms with E-state index in [1.54, 1.807) is 0 Å². The monoisotopic (exact) mass is 257 g/mol. The molecule has 0 aliphatic heterocycles. The van der Waals surface area contributed by atoms with Gasteiger partial charge in [-0.25, -0.2) is 4.39 Å². The third kappa shape index (κ3) is 4.02. The Bertz CT molecular complexity index is 415. The second-order valence-electron chi connectivity index (χ2n) is 4.48. The van der Waals surface area contributed by atoms with Crippen LogP contribution < -0.4 is 4.74 Å². The molecule has 0 aliphatic carbocycles. The summed E-state index contributed by atoms with van der Waals surface area (Å²) in [4.78, 5) is 0. The van der Waals surface area contributed by atoms with E-state index in [0.717, 1.165) is 0 Å². The first kappa shape index (κ1) is 14.0. The Balaban J connectivity index is 2.94. The molecule has 0 N–H and O–H groups in total. The Kier molecular flexibility index (Phi) is 4.54. The lowest BCUT2D eigenvalue weighted by molar-refractivity contribution is 0.413. The fourth-order valence-electron chi connectivity index (χ4n) is 1.07. The normalized spacial score (nSPS) is 14.0. The smallest absolute Gasteiger partial charge is 0.144 e. The highest BCUT2D eigenvalue weighted by Gasteiger charge is 2.25. The van der Waals surface area contributed by atoms with Crippen LogP contribution in [0.3, 0.4) is 0 Å². The molecule has 0 heterocycles. The summed E-state index contributed by atoms with van der Waals surface area (Å²) in [6.45, 7) is 5.47. The van der Waals surface area contributed by atoms with Gasteiger partial charge in [0.25, 0.3) is 0 Å². The number of hydrogen-bond donors (Lipinski definition) is 0. The molecule has 0 radical (unpaired) electrons. The van der Waals surface area contributed by atoms with E-state index in [2.05, 4.69) is 4.40 Å². The first-order valence-electron chi connectivity index (χ1n) is 5.14. The van der Waals surface area contributed by atoms with Crippen LogP contribution in [0.15, 0.2) is 22.6 Å². The minimum Gasteiger partial charge on any atom is -0.591 e. The number of hydrogen-bond acceptors (Lipinski definition) is 3. The molecule has 0 saturated carbocycles. The van der Waals surface area contributed by atoms with Crippen molar-refractivity contribution in [2.24, 2.45) is 4.40 Å². The number of methoxy groups -OCH3 is 1. The first-order chi connectivity index (χ1) is 7.84. The summed E-state index contributed by atoms with van der Waals surface area (Å²) >= 11 is -1.36. The van der Waals surface area contributed by atoms with Crippen molar-refractivity contribution in [3.63, 3.8) is 0 Å². The molecule has 1 rings (SSSR count). The lowest BCUT2D eigenvalue weighted by Crippen LogP contribution is -2.25. The fraction of sp³-hybridized carbons (Fsp3) is 0.417. The molecule has 0 spiro atoms. The molecule has 1 unspecified atom stereocenters. The topological polar surface area (TPSA) is 44.6 Å². The number of benzene rings is 1. The second kappa shape index (κ2) is 5.51. The fourth-order valence-corrected chi connectivity index (χ4v) is 1.59. The van der Waals surface area contributed by atoms with Crippen molar-refractivity contribution in [2.45, 2.75) is 25.5 Å².